The van der Waals surface area contributed by atoms with Crippen molar-refractivity contribution in [3.8, 4) is 11.6 Å². The van der Waals surface area contributed by atoms with E-state index in [1.165, 1.54) is 44.6 Å². The first-order valence-electron chi connectivity index (χ1n) is 6.35. The third kappa shape index (κ3) is 3.80. The second-order valence-corrected chi connectivity index (χ2v) is 6.87. The summed E-state index contributed by atoms with van der Waals surface area (Å²) in [5, 5.41) is 0. The second-order valence-electron chi connectivity index (χ2n) is 4.71. The van der Waals surface area contributed by atoms with Crippen molar-refractivity contribution in [3.05, 3.63) is 48.2 Å². The summed E-state index contributed by atoms with van der Waals surface area (Å²) in [7, 11) is -0.859. The average molecular weight is 346 g/mol. The topological polar surface area (TPSA) is 59.5 Å². The van der Waals surface area contributed by atoms with Crippen molar-refractivity contribution in [1.29, 1.82) is 0 Å². The number of pyridine rings is 1. The van der Waals surface area contributed by atoms with E-state index in [0.29, 0.717) is 0 Å². The van der Waals surface area contributed by atoms with Gasteiger partial charge in [-0.3, -0.25) is 0 Å². The van der Waals surface area contributed by atoms with E-state index in [0.717, 1.165) is 16.4 Å². The normalized spacial score (nSPS) is 12.4. The number of halogens is 3. The Hall–Kier alpha value is -2.13. The molecule has 0 atom stereocenters. The van der Waals surface area contributed by atoms with E-state index in [1.807, 2.05) is 0 Å². The summed E-state index contributed by atoms with van der Waals surface area (Å²) in [6, 6.07) is 7.05. The molecule has 0 aliphatic rings. The van der Waals surface area contributed by atoms with Gasteiger partial charge in [0.1, 0.15) is 11.3 Å². The summed E-state index contributed by atoms with van der Waals surface area (Å²) in [5.74, 6) is -0.546. The summed E-state index contributed by atoms with van der Waals surface area (Å²) in [6.45, 7) is 0. The molecule has 9 heteroatoms. The van der Waals surface area contributed by atoms with Crippen LogP contribution in [-0.2, 0) is 16.2 Å². The molecule has 0 aliphatic heterocycles. The highest BCUT2D eigenvalue weighted by atomic mass is 32.2. The molecule has 0 aliphatic carbocycles. The summed E-state index contributed by atoms with van der Waals surface area (Å²) in [4.78, 5) is 3.58. The smallest absolute Gasteiger partial charge is 0.421 e. The number of nitrogens with zero attached hydrogens (tertiary/aromatic N) is 2. The zero-order valence-corrected chi connectivity index (χ0v) is 13.0. The van der Waals surface area contributed by atoms with Gasteiger partial charge < -0.3 is 4.74 Å². The Morgan fingerprint density at radius 2 is 1.70 bits per heavy atom. The molecule has 2 rings (SSSR count). The fourth-order valence-corrected chi connectivity index (χ4v) is 2.59. The van der Waals surface area contributed by atoms with Crippen LogP contribution in [0.1, 0.15) is 5.56 Å². The molecule has 0 saturated carbocycles. The van der Waals surface area contributed by atoms with E-state index in [1.54, 1.807) is 0 Å². The van der Waals surface area contributed by atoms with E-state index < -0.39 is 27.6 Å². The number of rotatable bonds is 4. The standard InChI is InChI=1S/C14H13F3N2O3S/c1-19(2)23(20,21)11-7-5-10(6-8-11)22-13-12(14(15,16)17)4-3-9-18-13/h3-9H,1-2H3. The first-order chi connectivity index (χ1) is 10.6. The van der Waals surface area contributed by atoms with Gasteiger partial charge in [-0.2, -0.15) is 13.2 Å². The van der Waals surface area contributed by atoms with Crippen LogP contribution in [0, 0.1) is 0 Å². The summed E-state index contributed by atoms with van der Waals surface area (Å²) in [6.07, 6.45) is -3.42. The molecular weight excluding hydrogens is 333 g/mol. The van der Waals surface area contributed by atoms with E-state index in [4.69, 9.17) is 4.74 Å². The lowest BCUT2D eigenvalue weighted by Gasteiger charge is -2.13. The Labute approximate surface area is 131 Å². The molecule has 0 unspecified atom stereocenters. The Kier molecular flexibility index (Phi) is 4.62. The zero-order chi connectivity index (χ0) is 17.3. The maximum absolute atomic E-state index is 12.9. The number of benzene rings is 1. The van der Waals surface area contributed by atoms with Crippen LogP contribution in [0.25, 0.3) is 0 Å². The van der Waals surface area contributed by atoms with Gasteiger partial charge in [0.2, 0.25) is 15.9 Å². The van der Waals surface area contributed by atoms with Crippen molar-refractivity contribution in [1.82, 2.24) is 9.29 Å². The lowest BCUT2D eigenvalue weighted by atomic mass is 10.2. The van der Waals surface area contributed by atoms with Crippen LogP contribution < -0.4 is 4.74 Å². The van der Waals surface area contributed by atoms with Crippen LogP contribution in [0.3, 0.4) is 0 Å². The maximum Gasteiger partial charge on any atom is 0.421 e. The van der Waals surface area contributed by atoms with Crippen molar-refractivity contribution in [2.45, 2.75) is 11.1 Å². The molecule has 0 spiro atoms. The highest BCUT2D eigenvalue weighted by Crippen LogP contribution is 2.36. The van der Waals surface area contributed by atoms with Crippen LogP contribution in [0.2, 0.25) is 0 Å². The first-order valence-corrected chi connectivity index (χ1v) is 7.79. The van der Waals surface area contributed by atoms with Crippen molar-refractivity contribution >= 4 is 10.0 Å². The minimum absolute atomic E-state index is 0.00640. The highest BCUT2D eigenvalue weighted by Gasteiger charge is 2.35. The molecule has 2 aromatic rings. The second kappa shape index (κ2) is 6.17. The van der Waals surface area contributed by atoms with Gasteiger partial charge in [-0.15, -0.1) is 0 Å². The Morgan fingerprint density at radius 1 is 1.09 bits per heavy atom. The van der Waals surface area contributed by atoms with Crippen LogP contribution >= 0.6 is 0 Å². The van der Waals surface area contributed by atoms with Gasteiger partial charge in [0, 0.05) is 20.3 Å². The van der Waals surface area contributed by atoms with Crippen LogP contribution in [0.4, 0.5) is 13.2 Å². The van der Waals surface area contributed by atoms with E-state index in [2.05, 4.69) is 4.98 Å². The van der Waals surface area contributed by atoms with Crippen molar-refractivity contribution in [3.63, 3.8) is 0 Å². The SMILES string of the molecule is CN(C)S(=O)(=O)c1ccc(Oc2ncccc2C(F)(F)F)cc1. The fraction of sp³-hybridized carbons (Fsp3) is 0.214. The van der Waals surface area contributed by atoms with Gasteiger partial charge in [-0.25, -0.2) is 17.7 Å². The molecule has 0 amide bonds. The van der Waals surface area contributed by atoms with Gasteiger partial charge in [0.25, 0.3) is 0 Å². The predicted octanol–water partition coefficient (Wildman–Crippen LogP) is 3.14. The highest BCUT2D eigenvalue weighted by molar-refractivity contribution is 7.89. The van der Waals surface area contributed by atoms with Crippen molar-refractivity contribution in [2.24, 2.45) is 0 Å². The van der Waals surface area contributed by atoms with Crippen LogP contribution in [-0.4, -0.2) is 31.8 Å². The van der Waals surface area contributed by atoms with Crippen molar-refractivity contribution in [2.75, 3.05) is 14.1 Å². The molecule has 124 valence electrons. The van der Waals surface area contributed by atoms with E-state index >= 15 is 0 Å². The number of alkyl halides is 3. The van der Waals surface area contributed by atoms with Gasteiger partial charge in [0.15, 0.2) is 0 Å². The molecule has 0 N–H and O–H groups in total. The molecule has 0 bridgehead atoms. The Balaban J connectivity index is 2.30. The summed E-state index contributed by atoms with van der Waals surface area (Å²) < 4.78 is 68.5. The third-order valence-corrected chi connectivity index (χ3v) is 4.72. The van der Waals surface area contributed by atoms with E-state index in [-0.39, 0.29) is 10.6 Å². The van der Waals surface area contributed by atoms with E-state index in [9.17, 15) is 21.6 Å². The molecule has 23 heavy (non-hydrogen) atoms. The number of sulfonamides is 1. The molecule has 5 nitrogen and oxygen atoms in total. The lowest BCUT2D eigenvalue weighted by molar-refractivity contribution is -0.138. The molecule has 0 saturated heterocycles. The lowest BCUT2D eigenvalue weighted by Crippen LogP contribution is -2.22. The maximum atomic E-state index is 12.9. The van der Waals surface area contributed by atoms with Gasteiger partial charge >= 0.3 is 6.18 Å². The largest absolute Gasteiger partial charge is 0.438 e. The fourth-order valence-electron chi connectivity index (χ4n) is 1.69. The first kappa shape index (κ1) is 17.2. The number of ether oxygens (including phenoxy) is 1. The third-order valence-electron chi connectivity index (χ3n) is 2.89. The molecule has 1 aromatic heterocycles. The van der Waals surface area contributed by atoms with Crippen LogP contribution in [0.5, 0.6) is 11.6 Å². The molecule has 0 radical (unpaired) electrons. The zero-order valence-electron chi connectivity index (χ0n) is 12.2. The van der Waals surface area contributed by atoms with Gasteiger partial charge in [-0.05, 0) is 36.4 Å². The van der Waals surface area contributed by atoms with Gasteiger partial charge in [0.05, 0.1) is 4.90 Å². The Bertz CT molecular complexity index is 788. The monoisotopic (exact) mass is 346 g/mol. The number of aromatic nitrogens is 1. The predicted molar refractivity (Wildman–Crippen MR) is 76.6 cm³/mol. The Morgan fingerprint density at radius 3 is 2.22 bits per heavy atom. The minimum atomic E-state index is -4.60. The van der Waals surface area contributed by atoms with Crippen molar-refractivity contribution < 1.29 is 26.3 Å². The van der Waals surface area contributed by atoms with Crippen LogP contribution in [0.15, 0.2) is 47.5 Å². The molecule has 0 fully saturated rings. The summed E-state index contributed by atoms with van der Waals surface area (Å²) >= 11 is 0. The molecule has 1 aromatic carbocycles. The number of hydrogen-bond donors (Lipinski definition) is 0. The average Bonchev–Trinajstić information content (AvgIpc) is 2.47. The summed E-state index contributed by atoms with van der Waals surface area (Å²) in [5.41, 5.74) is -1.01. The quantitative estimate of drug-likeness (QED) is 0.853. The molecule has 1 heterocycles. The number of hydrogen-bond acceptors (Lipinski definition) is 4. The molecular formula is C14H13F3N2O3S. The minimum Gasteiger partial charge on any atom is -0.438 e. The van der Waals surface area contributed by atoms with Gasteiger partial charge in [-0.1, -0.05) is 0 Å².